The largest absolute Gasteiger partial charge is 0.418 e. The summed E-state index contributed by atoms with van der Waals surface area (Å²) in [6, 6.07) is 4.83. The summed E-state index contributed by atoms with van der Waals surface area (Å²) in [5.41, 5.74) is -4.21. The highest BCUT2D eigenvalue weighted by molar-refractivity contribution is 5.51. The molecule has 1 heterocycles. The summed E-state index contributed by atoms with van der Waals surface area (Å²) in [6.45, 7) is 0. The Hall–Kier alpha value is -2.47. The van der Waals surface area contributed by atoms with Gasteiger partial charge in [0.25, 0.3) is 0 Å². The SMILES string of the molecule is N#Cc1cccc(-n2cc(C(F)(F)F)c3c2[C@H](F)[C@H](F)[C@@H]3O)c1F. The van der Waals surface area contributed by atoms with Gasteiger partial charge >= 0.3 is 6.18 Å². The maximum Gasteiger partial charge on any atom is 0.418 e. The van der Waals surface area contributed by atoms with Crippen molar-refractivity contribution in [2.24, 2.45) is 0 Å². The van der Waals surface area contributed by atoms with Crippen molar-refractivity contribution in [2.45, 2.75) is 24.6 Å². The molecule has 0 saturated carbocycles. The van der Waals surface area contributed by atoms with E-state index >= 15 is 0 Å². The highest BCUT2D eigenvalue weighted by Crippen LogP contribution is 2.50. The molecule has 1 N–H and O–H groups in total. The van der Waals surface area contributed by atoms with Gasteiger partial charge in [-0.05, 0) is 12.1 Å². The fraction of sp³-hybridized carbons (Fsp3) is 0.267. The Bertz CT molecular complexity index is 851. The van der Waals surface area contributed by atoms with Gasteiger partial charge in [0.15, 0.2) is 18.2 Å². The molecule has 0 aliphatic heterocycles. The van der Waals surface area contributed by atoms with Crippen LogP contribution in [-0.2, 0) is 6.18 Å². The van der Waals surface area contributed by atoms with Crippen LogP contribution in [0.5, 0.6) is 0 Å². The van der Waals surface area contributed by atoms with Gasteiger partial charge in [0.05, 0.1) is 22.5 Å². The number of hydrogen-bond donors (Lipinski definition) is 1. The molecule has 0 spiro atoms. The zero-order valence-electron chi connectivity index (χ0n) is 11.7. The number of halogens is 6. The third-order valence-electron chi connectivity index (χ3n) is 3.89. The lowest BCUT2D eigenvalue weighted by Crippen LogP contribution is -2.15. The fourth-order valence-electron chi connectivity index (χ4n) is 2.82. The normalized spacial score (nSPS) is 23.2. The molecule has 126 valence electrons. The van der Waals surface area contributed by atoms with Gasteiger partial charge in [0.1, 0.15) is 12.2 Å². The fourth-order valence-corrected chi connectivity index (χ4v) is 2.82. The number of fused-ring (bicyclic) bond motifs is 1. The van der Waals surface area contributed by atoms with E-state index in [1.54, 1.807) is 0 Å². The summed E-state index contributed by atoms with van der Waals surface area (Å²) in [6.07, 6.45) is -12.1. The molecule has 1 aromatic heterocycles. The molecule has 1 aromatic carbocycles. The zero-order chi connectivity index (χ0) is 17.8. The van der Waals surface area contributed by atoms with Gasteiger partial charge in [-0.25, -0.2) is 13.2 Å². The van der Waals surface area contributed by atoms with Gasteiger partial charge in [0.2, 0.25) is 0 Å². The summed E-state index contributed by atoms with van der Waals surface area (Å²) in [7, 11) is 0. The van der Waals surface area contributed by atoms with Crippen LogP contribution in [-0.4, -0.2) is 15.8 Å². The summed E-state index contributed by atoms with van der Waals surface area (Å²) < 4.78 is 81.9. The van der Waals surface area contributed by atoms with E-state index < -0.39 is 58.5 Å². The third kappa shape index (κ3) is 2.17. The highest BCUT2D eigenvalue weighted by Gasteiger charge is 2.50. The van der Waals surface area contributed by atoms with Crippen molar-refractivity contribution in [3.8, 4) is 11.8 Å². The molecular weight excluding hydrogens is 338 g/mol. The van der Waals surface area contributed by atoms with Gasteiger partial charge in [0, 0.05) is 11.8 Å². The number of benzene rings is 1. The van der Waals surface area contributed by atoms with E-state index in [0.29, 0.717) is 10.8 Å². The maximum atomic E-state index is 14.3. The predicted octanol–water partition coefficient (Wildman–Crippen LogP) is 3.90. The van der Waals surface area contributed by atoms with Crippen LogP contribution >= 0.6 is 0 Å². The van der Waals surface area contributed by atoms with Gasteiger partial charge in [-0.1, -0.05) is 6.07 Å². The molecular formula is C15H8F6N2O. The Balaban J connectivity index is 2.33. The van der Waals surface area contributed by atoms with Gasteiger partial charge in [-0.2, -0.15) is 18.4 Å². The minimum atomic E-state index is -5.00. The lowest BCUT2D eigenvalue weighted by molar-refractivity contribution is -0.139. The molecule has 0 unspecified atom stereocenters. The van der Waals surface area contributed by atoms with E-state index in [0.717, 1.165) is 12.1 Å². The third-order valence-corrected chi connectivity index (χ3v) is 3.89. The predicted molar refractivity (Wildman–Crippen MR) is 69.1 cm³/mol. The van der Waals surface area contributed by atoms with E-state index in [9.17, 15) is 31.4 Å². The molecule has 0 amide bonds. The molecule has 0 radical (unpaired) electrons. The standard InChI is InChI=1S/C15H8F6N2O/c16-10-6(4-22)2-1-3-8(10)23-5-7(15(19,20)21)9-13(23)11(17)12(18)14(9)24/h1-3,5,11-12,14,24H/t11-,12+,14-/m1/s1. The Morgan fingerprint density at radius 2 is 1.88 bits per heavy atom. The number of hydrogen-bond acceptors (Lipinski definition) is 2. The topological polar surface area (TPSA) is 49.0 Å². The average Bonchev–Trinajstić information content (AvgIpc) is 3.01. The van der Waals surface area contributed by atoms with Crippen LogP contribution in [0.15, 0.2) is 24.4 Å². The molecule has 0 bridgehead atoms. The van der Waals surface area contributed by atoms with Gasteiger partial charge in [-0.15, -0.1) is 0 Å². The van der Waals surface area contributed by atoms with Crippen LogP contribution in [0.3, 0.4) is 0 Å². The minimum absolute atomic E-state index is 0.395. The Morgan fingerprint density at radius 1 is 1.21 bits per heavy atom. The number of nitriles is 1. The van der Waals surface area contributed by atoms with Crippen LogP contribution in [0.2, 0.25) is 0 Å². The number of aliphatic hydroxyl groups is 1. The second kappa shape index (κ2) is 5.27. The Kier molecular flexibility index (Phi) is 3.60. The zero-order valence-corrected chi connectivity index (χ0v) is 11.7. The van der Waals surface area contributed by atoms with Crippen LogP contribution < -0.4 is 0 Å². The summed E-state index contributed by atoms with van der Waals surface area (Å²) in [4.78, 5) is 0. The highest BCUT2D eigenvalue weighted by atomic mass is 19.4. The van der Waals surface area contributed by atoms with Crippen LogP contribution in [0, 0.1) is 17.1 Å². The molecule has 1 aliphatic carbocycles. The van der Waals surface area contributed by atoms with E-state index in [1.165, 1.54) is 12.1 Å². The van der Waals surface area contributed by atoms with Crippen molar-refractivity contribution in [2.75, 3.05) is 0 Å². The number of rotatable bonds is 1. The molecule has 2 aromatic rings. The number of aromatic nitrogens is 1. The molecule has 0 saturated heterocycles. The second-order valence-corrected chi connectivity index (χ2v) is 5.25. The molecule has 24 heavy (non-hydrogen) atoms. The first-order chi connectivity index (χ1) is 11.2. The average molecular weight is 346 g/mol. The lowest BCUT2D eigenvalue weighted by Gasteiger charge is -2.13. The minimum Gasteiger partial charge on any atom is -0.385 e. The second-order valence-electron chi connectivity index (χ2n) is 5.25. The smallest absolute Gasteiger partial charge is 0.385 e. The summed E-state index contributed by atoms with van der Waals surface area (Å²) in [5.74, 6) is -1.17. The van der Waals surface area contributed by atoms with Crippen molar-refractivity contribution in [3.63, 3.8) is 0 Å². The van der Waals surface area contributed by atoms with Gasteiger partial charge in [-0.3, -0.25) is 0 Å². The van der Waals surface area contributed by atoms with Crippen molar-refractivity contribution < 1.29 is 31.4 Å². The van der Waals surface area contributed by atoms with E-state index in [2.05, 4.69) is 0 Å². The van der Waals surface area contributed by atoms with Crippen LogP contribution in [0.25, 0.3) is 5.69 Å². The van der Waals surface area contributed by atoms with Gasteiger partial charge < -0.3 is 9.67 Å². The molecule has 1 aliphatic rings. The Morgan fingerprint density at radius 3 is 2.46 bits per heavy atom. The number of nitrogens with zero attached hydrogens (tertiary/aromatic N) is 2. The van der Waals surface area contributed by atoms with Crippen molar-refractivity contribution in [1.82, 2.24) is 4.57 Å². The van der Waals surface area contributed by atoms with Crippen LogP contribution in [0.4, 0.5) is 26.3 Å². The van der Waals surface area contributed by atoms with E-state index in [1.807, 2.05) is 0 Å². The van der Waals surface area contributed by atoms with Crippen LogP contribution in [0.1, 0.15) is 34.7 Å². The number of aliphatic hydroxyl groups excluding tert-OH is 1. The number of alkyl halides is 5. The first-order valence-electron chi connectivity index (χ1n) is 6.66. The summed E-state index contributed by atoms with van der Waals surface area (Å²) in [5, 5.41) is 18.4. The van der Waals surface area contributed by atoms with Crippen molar-refractivity contribution in [3.05, 3.63) is 52.6 Å². The lowest BCUT2D eigenvalue weighted by atomic mass is 10.1. The molecule has 0 fully saturated rings. The first kappa shape index (κ1) is 16.4. The molecule has 9 heteroatoms. The molecule has 3 nitrogen and oxygen atoms in total. The first-order valence-corrected chi connectivity index (χ1v) is 6.66. The van der Waals surface area contributed by atoms with Crippen molar-refractivity contribution in [1.29, 1.82) is 5.26 Å². The summed E-state index contributed by atoms with van der Waals surface area (Å²) >= 11 is 0. The van der Waals surface area contributed by atoms with E-state index in [-0.39, 0.29) is 0 Å². The van der Waals surface area contributed by atoms with Crippen molar-refractivity contribution >= 4 is 0 Å². The molecule has 3 atom stereocenters. The van der Waals surface area contributed by atoms with E-state index in [4.69, 9.17) is 5.26 Å². The monoisotopic (exact) mass is 346 g/mol. The quantitative estimate of drug-likeness (QED) is 0.796. The molecule has 3 rings (SSSR count). The maximum absolute atomic E-state index is 14.3. The Labute approximate surface area is 131 Å².